The molecule has 2 fully saturated rings. The third kappa shape index (κ3) is 4.93. The van der Waals surface area contributed by atoms with Gasteiger partial charge in [-0.3, -0.25) is 0 Å². The molecule has 37 heavy (non-hydrogen) atoms. The minimum absolute atomic E-state index is 0.00876. The average Bonchev–Trinajstić information content (AvgIpc) is 3.50. The van der Waals surface area contributed by atoms with Crippen molar-refractivity contribution in [2.45, 2.75) is 40.6 Å². The van der Waals surface area contributed by atoms with Gasteiger partial charge in [-0.15, -0.1) is 5.10 Å². The van der Waals surface area contributed by atoms with Crippen molar-refractivity contribution in [3.8, 4) is 17.3 Å². The van der Waals surface area contributed by atoms with E-state index in [9.17, 15) is 18.3 Å². The molecule has 2 aliphatic rings. The number of fused-ring (bicyclic) bond motifs is 1. The first kappa shape index (κ1) is 25.9. The quantitative estimate of drug-likeness (QED) is 0.458. The van der Waals surface area contributed by atoms with Crippen molar-refractivity contribution in [2.24, 2.45) is 0 Å². The molecule has 0 amide bonds. The SMILES string of the molecule is COCC1(Sc2cnc(C#N)c(Cl)c2)CC(n2cc(-c3cc(F)c(F)c(F)c3)nn2)[C@H]2OCC(O)C2O1. The fraction of sp³-hybridized carbons (Fsp3) is 0.391. The van der Waals surface area contributed by atoms with Gasteiger partial charge in [0.05, 0.1) is 30.5 Å². The number of aliphatic hydroxyl groups excluding tert-OH is 1. The molecule has 2 aromatic heterocycles. The van der Waals surface area contributed by atoms with E-state index in [1.54, 1.807) is 6.07 Å². The fourth-order valence-corrected chi connectivity index (χ4v) is 6.10. The smallest absolute Gasteiger partial charge is 0.194 e. The summed E-state index contributed by atoms with van der Waals surface area (Å²) in [6.45, 7) is 0.122. The summed E-state index contributed by atoms with van der Waals surface area (Å²) < 4.78 is 60.1. The third-order valence-corrected chi connectivity index (χ3v) is 7.63. The van der Waals surface area contributed by atoms with Crippen molar-refractivity contribution >= 4 is 23.4 Å². The Morgan fingerprint density at radius 3 is 2.73 bits per heavy atom. The van der Waals surface area contributed by atoms with Crippen LogP contribution in [0.15, 0.2) is 35.5 Å². The predicted octanol–water partition coefficient (Wildman–Crippen LogP) is 3.51. The summed E-state index contributed by atoms with van der Waals surface area (Å²) in [4.78, 5) is 3.61. The number of methoxy groups -OCH3 is 1. The van der Waals surface area contributed by atoms with Crippen LogP contribution in [-0.4, -0.2) is 68.7 Å². The highest BCUT2D eigenvalue weighted by molar-refractivity contribution is 8.00. The Bertz CT molecular complexity index is 1350. The Kier molecular flexibility index (Phi) is 7.14. The highest BCUT2D eigenvalue weighted by Crippen LogP contribution is 2.49. The number of ether oxygens (including phenoxy) is 3. The third-order valence-electron chi connectivity index (χ3n) is 6.13. The van der Waals surface area contributed by atoms with Crippen LogP contribution < -0.4 is 0 Å². The van der Waals surface area contributed by atoms with E-state index < -0.39 is 46.7 Å². The van der Waals surface area contributed by atoms with Gasteiger partial charge in [0.15, 0.2) is 23.1 Å². The molecule has 9 nitrogen and oxygen atoms in total. The zero-order chi connectivity index (χ0) is 26.3. The Morgan fingerprint density at radius 2 is 2.05 bits per heavy atom. The summed E-state index contributed by atoms with van der Waals surface area (Å²) in [5.41, 5.74) is 0.208. The number of aromatic nitrogens is 4. The maximum atomic E-state index is 13.8. The Morgan fingerprint density at radius 1 is 1.30 bits per heavy atom. The van der Waals surface area contributed by atoms with E-state index in [1.165, 1.54) is 35.9 Å². The molecule has 0 radical (unpaired) electrons. The number of benzene rings is 1. The highest BCUT2D eigenvalue weighted by atomic mass is 35.5. The molecule has 0 saturated carbocycles. The molecule has 0 aliphatic carbocycles. The molecule has 4 heterocycles. The molecule has 2 aliphatic heterocycles. The molecule has 4 unspecified atom stereocenters. The molecule has 1 aromatic carbocycles. The van der Waals surface area contributed by atoms with Crippen molar-refractivity contribution in [2.75, 3.05) is 20.3 Å². The molecular weight excluding hydrogens is 535 g/mol. The maximum Gasteiger partial charge on any atom is 0.194 e. The van der Waals surface area contributed by atoms with E-state index >= 15 is 0 Å². The Balaban J connectivity index is 1.50. The summed E-state index contributed by atoms with van der Waals surface area (Å²) >= 11 is 7.43. The van der Waals surface area contributed by atoms with Crippen LogP contribution in [0.2, 0.25) is 5.02 Å². The number of aliphatic hydroxyl groups is 1. The monoisotopic (exact) mass is 553 g/mol. The van der Waals surface area contributed by atoms with Crippen LogP contribution in [0.5, 0.6) is 0 Å². The minimum Gasteiger partial charge on any atom is -0.388 e. The molecule has 1 N–H and O–H groups in total. The van der Waals surface area contributed by atoms with Crippen molar-refractivity contribution in [3.63, 3.8) is 0 Å². The predicted molar refractivity (Wildman–Crippen MR) is 124 cm³/mol. The van der Waals surface area contributed by atoms with E-state index in [0.29, 0.717) is 4.90 Å². The lowest BCUT2D eigenvalue weighted by Gasteiger charge is -2.45. The van der Waals surface area contributed by atoms with Gasteiger partial charge in [0.2, 0.25) is 0 Å². The van der Waals surface area contributed by atoms with E-state index in [1.807, 2.05) is 6.07 Å². The van der Waals surface area contributed by atoms with E-state index in [2.05, 4.69) is 15.3 Å². The number of halogens is 4. The number of nitriles is 1. The standard InChI is InChI=1S/C23H19ClF3N5O4S/c1-34-10-23(37-12-4-13(24)16(6-28)29-7-12)5-18(21-22(36-23)19(33)9-35-21)32-8-17(30-31-32)11-2-14(25)20(27)15(26)3-11/h2-4,7-8,18-19,21-22,33H,5,9-10H2,1H3/t18?,19?,21-,22?,23?/m1/s1. The number of nitrogens with zero attached hydrogens (tertiary/aromatic N) is 5. The van der Waals surface area contributed by atoms with Gasteiger partial charge in [-0.2, -0.15) is 5.26 Å². The molecule has 14 heteroatoms. The fourth-order valence-electron chi connectivity index (χ4n) is 4.52. The first-order valence-corrected chi connectivity index (χ1v) is 12.2. The van der Waals surface area contributed by atoms with Crippen LogP contribution in [0.3, 0.4) is 0 Å². The molecule has 0 bridgehead atoms. The molecule has 5 rings (SSSR count). The highest BCUT2D eigenvalue weighted by Gasteiger charge is 2.54. The second-order valence-corrected chi connectivity index (χ2v) is 10.4. The summed E-state index contributed by atoms with van der Waals surface area (Å²) in [5.74, 6) is -4.26. The van der Waals surface area contributed by atoms with Gasteiger partial charge in [0.1, 0.15) is 35.0 Å². The van der Waals surface area contributed by atoms with Gasteiger partial charge in [-0.05, 0) is 18.2 Å². The van der Waals surface area contributed by atoms with Crippen LogP contribution in [-0.2, 0) is 14.2 Å². The van der Waals surface area contributed by atoms with Gasteiger partial charge in [0, 0.05) is 30.2 Å². The van der Waals surface area contributed by atoms with Crippen LogP contribution in [0, 0.1) is 28.8 Å². The molecule has 2 saturated heterocycles. The van der Waals surface area contributed by atoms with E-state index in [-0.39, 0.29) is 41.6 Å². The van der Waals surface area contributed by atoms with Gasteiger partial charge in [-0.1, -0.05) is 28.6 Å². The van der Waals surface area contributed by atoms with Gasteiger partial charge >= 0.3 is 0 Å². The Labute approximate surface area is 218 Å². The summed E-state index contributed by atoms with van der Waals surface area (Å²) in [6.07, 6.45) is 0.914. The van der Waals surface area contributed by atoms with Crippen LogP contribution in [0.4, 0.5) is 13.2 Å². The number of thioether (sulfide) groups is 1. The lowest BCUT2D eigenvalue weighted by atomic mass is 9.94. The molecule has 0 spiro atoms. The first-order chi connectivity index (χ1) is 17.7. The van der Waals surface area contributed by atoms with Gasteiger partial charge in [-0.25, -0.2) is 22.8 Å². The number of rotatable bonds is 6. The number of hydrogen-bond donors (Lipinski definition) is 1. The normalized spacial score (nSPS) is 27.2. The second kappa shape index (κ2) is 10.2. The van der Waals surface area contributed by atoms with Gasteiger partial charge in [0.25, 0.3) is 0 Å². The maximum absolute atomic E-state index is 13.8. The second-order valence-electron chi connectivity index (χ2n) is 8.62. The molecular formula is C23H19ClF3N5O4S. The Hall–Kier alpha value is -2.73. The lowest BCUT2D eigenvalue weighted by Crippen LogP contribution is -2.54. The first-order valence-electron chi connectivity index (χ1n) is 11.0. The van der Waals surface area contributed by atoms with Crippen LogP contribution >= 0.6 is 23.4 Å². The zero-order valence-electron chi connectivity index (χ0n) is 19.1. The topological polar surface area (TPSA) is 115 Å². The van der Waals surface area contributed by atoms with E-state index in [0.717, 1.165) is 12.1 Å². The van der Waals surface area contributed by atoms with Crippen LogP contribution in [0.1, 0.15) is 18.2 Å². The van der Waals surface area contributed by atoms with Crippen LogP contribution in [0.25, 0.3) is 11.3 Å². The molecule has 3 aromatic rings. The van der Waals surface area contributed by atoms with Crippen molar-refractivity contribution in [1.82, 2.24) is 20.0 Å². The number of hydrogen-bond acceptors (Lipinski definition) is 9. The van der Waals surface area contributed by atoms with Crippen molar-refractivity contribution in [3.05, 3.63) is 58.8 Å². The summed E-state index contributed by atoms with van der Waals surface area (Å²) in [6, 6.07) is 4.64. The van der Waals surface area contributed by atoms with Crippen molar-refractivity contribution in [1.29, 1.82) is 5.26 Å². The largest absolute Gasteiger partial charge is 0.388 e. The summed E-state index contributed by atoms with van der Waals surface area (Å²) in [5, 5.41) is 28.1. The van der Waals surface area contributed by atoms with E-state index in [4.69, 9.17) is 31.1 Å². The lowest BCUT2D eigenvalue weighted by molar-refractivity contribution is -0.166. The van der Waals surface area contributed by atoms with Crippen molar-refractivity contribution < 1.29 is 32.5 Å². The zero-order valence-corrected chi connectivity index (χ0v) is 20.7. The minimum atomic E-state index is -1.57. The molecule has 194 valence electrons. The number of pyridine rings is 1. The summed E-state index contributed by atoms with van der Waals surface area (Å²) in [7, 11) is 1.50. The molecule has 5 atom stereocenters. The van der Waals surface area contributed by atoms with Gasteiger partial charge < -0.3 is 19.3 Å². The average molecular weight is 554 g/mol.